The SMILES string of the molecule is COc1ccc2c(c1)CC(NCCc1ncc[nH]1)CC2. The summed E-state index contributed by atoms with van der Waals surface area (Å²) in [5, 5.41) is 3.64. The Morgan fingerprint density at radius 1 is 1.40 bits per heavy atom. The fraction of sp³-hybridized carbons (Fsp3) is 0.438. The van der Waals surface area contributed by atoms with Crippen molar-refractivity contribution in [2.45, 2.75) is 31.7 Å². The van der Waals surface area contributed by atoms with Gasteiger partial charge in [0.1, 0.15) is 11.6 Å². The quantitative estimate of drug-likeness (QED) is 0.875. The molecule has 0 fully saturated rings. The van der Waals surface area contributed by atoms with Gasteiger partial charge >= 0.3 is 0 Å². The zero-order valence-corrected chi connectivity index (χ0v) is 11.9. The lowest BCUT2D eigenvalue weighted by molar-refractivity contribution is 0.411. The van der Waals surface area contributed by atoms with Crippen LogP contribution < -0.4 is 10.1 Å². The number of hydrogen-bond acceptors (Lipinski definition) is 3. The van der Waals surface area contributed by atoms with Crippen LogP contribution in [0.15, 0.2) is 30.6 Å². The summed E-state index contributed by atoms with van der Waals surface area (Å²) in [6.45, 7) is 0.970. The Morgan fingerprint density at radius 3 is 3.15 bits per heavy atom. The zero-order valence-electron chi connectivity index (χ0n) is 11.9. The van der Waals surface area contributed by atoms with E-state index in [4.69, 9.17) is 4.74 Å². The number of benzene rings is 1. The van der Waals surface area contributed by atoms with Crippen LogP contribution in [0.3, 0.4) is 0 Å². The van der Waals surface area contributed by atoms with Crippen LogP contribution in [0.5, 0.6) is 5.75 Å². The second-order valence-electron chi connectivity index (χ2n) is 5.31. The van der Waals surface area contributed by atoms with Crippen LogP contribution in [-0.4, -0.2) is 29.7 Å². The molecule has 0 saturated heterocycles. The molecular weight excluding hydrogens is 250 g/mol. The van der Waals surface area contributed by atoms with E-state index in [1.54, 1.807) is 13.3 Å². The average Bonchev–Trinajstić information content (AvgIpc) is 3.00. The highest BCUT2D eigenvalue weighted by atomic mass is 16.5. The second kappa shape index (κ2) is 6.09. The van der Waals surface area contributed by atoms with Gasteiger partial charge in [0.15, 0.2) is 0 Å². The highest BCUT2D eigenvalue weighted by Gasteiger charge is 2.18. The van der Waals surface area contributed by atoms with E-state index >= 15 is 0 Å². The van der Waals surface area contributed by atoms with Gasteiger partial charge in [-0.15, -0.1) is 0 Å². The lowest BCUT2D eigenvalue weighted by atomic mass is 9.88. The molecule has 1 aliphatic carbocycles. The van der Waals surface area contributed by atoms with Crippen molar-refractivity contribution < 1.29 is 4.74 Å². The van der Waals surface area contributed by atoms with Crippen molar-refractivity contribution in [1.82, 2.24) is 15.3 Å². The Kier molecular flexibility index (Phi) is 4.02. The van der Waals surface area contributed by atoms with Crippen molar-refractivity contribution >= 4 is 0 Å². The number of ether oxygens (including phenoxy) is 1. The topological polar surface area (TPSA) is 49.9 Å². The van der Waals surface area contributed by atoms with Gasteiger partial charge in [-0.3, -0.25) is 0 Å². The summed E-state index contributed by atoms with van der Waals surface area (Å²) in [5.74, 6) is 2.01. The van der Waals surface area contributed by atoms with E-state index in [9.17, 15) is 0 Å². The number of nitrogens with zero attached hydrogens (tertiary/aromatic N) is 1. The number of imidazole rings is 1. The molecule has 20 heavy (non-hydrogen) atoms. The van der Waals surface area contributed by atoms with Crippen LogP contribution in [0.4, 0.5) is 0 Å². The Bertz CT molecular complexity index is 551. The zero-order chi connectivity index (χ0) is 13.8. The number of nitrogens with one attached hydrogen (secondary N) is 2. The van der Waals surface area contributed by atoms with E-state index in [0.29, 0.717) is 6.04 Å². The summed E-state index contributed by atoms with van der Waals surface area (Å²) in [6, 6.07) is 7.00. The summed E-state index contributed by atoms with van der Waals surface area (Å²) < 4.78 is 5.31. The molecule has 1 unspecified atom stereocenters. The van der Waals surface area contributed by atoms with Crippen LogP contribution >= 0.6 is 0 Å². The minimum Gasteiger partial charge on any atom is -0.497 e. The third kappa shape index (κ3) is 3.02. The van der Waals surface area contributed by atoms with Crippen molar-refractivity contribution in [3.8, 4) is 5.75 Å². The van der Waals surface area contributed by atoms with E-state index in [1.807, 2.05) is 6.20 Å². The maximum Gasteiger partial charge on any atom is 0.119 e. The van der Waals surface area contributed by atoms with Gasteiger partial charge in [-0.2, -0.15) is 0 Å². The molecule has 0 saturated carbocycles. The number of aromatic amines is 1. The van der Waals surface area contributed by atoms with E-state index in [1.165, 1.54) is 17.5 Å². The van der Waals surface area contributed by atoms with Gasteiger partial charge in [0, 0.05) is 31.4 Å². The summed E-state index contributed by atoms with van der Waals surface area (Å²) in [6.07, 6.45) is 8.07. The maximum atomic E-state index is 5.31. The van der Waals surface area contributed by atoms with Crippen LogP contribution in [0.1, 0.15) is 23.4 Å². The molecule has 4 heteroatoms. The van der Waals surface area contributed by atoms with Crippen LogP contribution in [0, 0.1) is 0 Å². The maximum absolute atomic E-state index is 5.31. The van der Waals surface area contributed by atoms with Gasteiger partial charge in [-0.1, -0.05) is 6.07 Å². The smallest absolute Gasteiger partial charge is 0.119 e. The van der Waals surface area contributed by atoms with Gasteiger partial charge in [0.25, 0.3) is 0 Å². The molecule has 0 bridgehead atoms. The monoisotopic (exact) mass is 271 g/mol. The van der Waals surface area contributed by atoms with Gasteiger partial charge in [0.05, 0.1) is 7.11 Å². The van der Waals surface area contributed by atoms with Crippen LogP contribution in [0.25, 0.3) is 0 Å². The predicted octanol–water partition coefficient (Wildman–Crippen LogP) is 2.11. The minimum absolute atomic E-state index is 0.560. The lowest BCUT2D eigenvalue weighted by Crippen LogP contribution is -2.35. The molecule has 0 spiro atoms. The first kappa shape index (κ1) is 13.2. The molecule has 1 atom stereocenters. The first-order chi connectivity index (χ1) is 9.85. The Labute approximate surface area is 119 Å². The van der Waals surface area contributed by atoms with E-state index < -0.39 is 0 Å². The number of aromatic nitrogens is 2. The number of hydrogen-bond donors (Lipinski definition) is 2. The normalized spacial score (nSPS) is 17.8. The molecule has 0 aliphatic heterocycles. The van der Waals surface area contributed by atoms with Gasteiger partial charge in [0.2, 0.25) is 0 Å². The van der Waals surface area contributed by atoms with Gasteiger partial charge in [-0.05, 0) is 42.5 Å². The van der Waals surface area contributed by atoms with Crippen molar-refractivity contribution in [3.63, 3.8) is 0 Å². The molecule has 106 valence electrons. The molecular formula is C16H21N3O. The molecule has 0 radical (unpaired) electrons. The number of H-pyrrole nitrogens is 1. The van der Waals surface area contributed by atoms with Crippen molar-refractivity contribution in [2.24, 2.45) is 0 Å². The fourth-order valence-electron chi connectivity index (χ4n) is 2.86. The average molecular weight is 271 g/mol. The fourth-order valence-corrected chi connectivity index (χ4v) is 2.86. The first-order valence-electron chi connectivity index (χ1n) is 7.22. The van der Waals surface area contributed by atoms with Crippen molar-refractivity contribution in [1.29, 1.82) is 0 Å². The van der Waals surface area contributed by atoms with Crippen molar-refractivity contribution in [2.75, 3.05) is 13.7 Å². The summed E-state index contributed by atoms with van der Waals surface area (Å²) >= 11 is 0. The molecule has 3 rings (SSSR count). The van der Waals surface area contributed by atoms with E-state index in [-0.39, 0.29) is 0 Å². The highest BCUT2D eigenvalue weighted by Crippen LogP contribution is 2.25. The second-order valence-corrected chi connectivity index (χ2v) is 5.31. The van der Waals surface area contributed by atoms with Crippen LogP contribution in [0.2, 0.25) is 0 Å². The molecule has 2 N–H and O–H groups in total. The number of rotatable bonds is 5. The largest absolute Gasteiger partial charge is 0.497 e. The number of fused-ring (bicyclic) bond motifs is 1. The highest BCUT2D eigenvalue weighted by molar-refractivity contribution is 5.37. The predicted molar refractivity (Wildman–Crippen MR) is 79.1 cm³/mol. The standard InChI is InChI=1S/C16H21N3O/c1-20-15-5-3-12-2-4-14(10-13(12)11-15)17-7-6-16-18-8-9-19-16/h3,5,8-9,11,14,17H,2,4,6-7,10H2,1H3,(H,18,19). The lowest BCUT2D eigenvalue weighted by Gasteiger charge is -2.26. The van der Waals surface area contributed by atoms with Gasteiger partial charge in [-0.25, -0.2) is 4.98 Å². The third-order valence-corrected chi connectivity index (χ3v) is 3.99. The molecule has 1 heterocycles. The summed E-state index contributed by atoms with van der Waals surface area (Å²) in [7, 11) is 1.73. The Morgan fingerprint density at radius 2 is 2.35 bits per heavy atom. The molecule has 0 amide bonds. The summed E-state index contributed by atoms with van der Waals surface area (Å²) in [4.78, 5) is 7.38. The first-order valence-corrected chi connectivity index (χ1v) is 7.22. The number of methoxy groups -OCH3 is 1. The van der Waals surface area contributed by atoms with Gasteiger partial charge < -0.3 is 15.0 Å². The van der Waals surface area contributed by atoms with Crippen molar-refractivity contribution in [3.05, 3.63) is 47.5 Å². The van der Waals surface area contributed by atoms with Crippen LogP contribution in [-0.2, 0) is 19.3 Å². The van der Waals surface area contributed by atoms with E-state index in [0.717, 1.165) is 37.4 Å². The molecule has 4 nitrogen and oxygen atoms in total. The molecule has 2 aromatic rings. The Hall–Kier alpha value is -1.81. The third-order valence-electron chi connectivity index (χ3n) is 3.99. The minimum atomic E-state index is 0.560. The number of aryl methyl sites for hydroxylation is 1. The summed E-state index contributed by atoms with van der Waals surface area (Å²) in [5.41, 5.74) is 2.89. The Balaban J connectivity index is 1.55. The molecule has 1 aromatic carbocycles. The molecule has 1 aliphatic rings. The molecule has 1 aromatic heterocycles. The van der Waals surface area contributed by atoms with E-state index in [2.05, 4.69) is 33.5 Å².